The highest BCUT2D eigenvalue weighted by atomic mass is 19.1. The van der Waals surface area contributed by atoms with Crippen LogP contribution in [0.15, 0.2) is 6.20 Å². The lowest BCUT2D eigenvalue weighted by Crippen LogP contribution is -2.08. The molecule has 0 unspecified atom stereocenters. The van der Waals surface area contributed by atoms with Gasteiger partial charge in [0.05, 0.1) is 6.20 Å². The fraction of sp³-hybridized carbons (Fsp3) is 0.375. The van der Waals surface area contributed by atoms with Crippen LogP contribution in [-0.2, 0) is 0 Å². The van der Waals surface area contributed by atoms with Gasteiger partial charge in [0.2, 0.25) is 5.95 Å². The molecule has 2 N–H and O–H groups in total. The lowest BCUT2D eigenvalue weighted by Gasteiger charge is -2.04. The average molecular weight is 196 g/mol. The van der Waals surface area contributed by atoms with E-state index in [4.69, 9.17) is 10.4 Å². The Hall–Kier alpha value is -1.74. The van der Waals surface area contributed by atoms with Gasteiger partial charge >= 0.3 is 0 Å². The van der Waals surface area contributed by atoms with Crippen molar-refractivity contribution in [2.45, 2.75) is 6.42 Å². The minimum absolute atomic E-state index is 0.0451. The normalized spacial score (nSPS) is 9.50. The van der Waals surface area contributed by atoms with Gasteiger partial charge in [0.1, 0.15) is 6.07 Å². The molecule has 1 aromatic rings. The molecular weight excluding hydrogens is 187 g/mol. The quantitative estimate of drug-likeness (QED) is 0.676. The van der Waals surface area contributed by atoms with Gasteiger partial charge in [-0.05, 0) is 6.42 Å². The molecule has 0 aromatic carbocycles. The van der Waals surface area contributed by atoms with Crippen molar-refractivity contribution in [1.82, 2.24) is 9.97 Å². The smallest absolute Gasteiger partial charge is 0.232 e. The minimum atomic E-state index is -0.783. The lowest BCUT2D eigenvalue weighted by atomic mass is 10.4. The fourth-order valence-corrected chi connectivity index (χ4v) is 0.861. The van der Waals surface area contributed by atoms with Crippen molar-refractivity contribution in [3.8, 4) is 6.07 Å². The number of aliphatic hydroxyl groups is 1. The van der Waals surface area contributed by atoms with E-state index in [1.807, 2.05) is 0 Å². The molecule has 0 saturated heterocycles. The van der Waals surface area contributed by atoms with Gasteiger partial charge in [0.15, 0.2) is 11.5 Å². The monoisotopic (exact) mass is 196 g/mol. The maximum atomic E-state index is 12.5. The van der Waals surface area contributed by atoms with Gasteiger partial charge in [-0.1, -0.05) is 0 Å². The van der Waals surface area contributed by atoms with Gasteiger partial charge in [-0.25, -0.2) is 9.97 Å². The topological polar surface area (TPSA) is 81.8 Å². The molecule has 0 aliphatic rings. The second kappa shape index (κ2) is 5.09. The van der Waals surface area contributed by atoms with Crippen molar-refractivity contribution >= 4 is 5.82 Å². The van der Waals surface area contributed by atoms with E-state index in [0.29, 0.717) is 13.0 Å². The Bertz CT molecular complexity index is 350. The number of hydrogen-bond acceptors (Lipinski definition) is 5. The third-order valence-electron chi connectivity index (χ3n) is 1.48. The van der Waals surface area contributed by atoms with Gasteiger partial charge < -0.3 is 10.4 Å². The molecule has 14 heavy (non-hydrogen) atoms. The van der Waals surface area contributed by atoms with Crippen LogP contribution in [-0.4, -0.2) is 28.2 Å². The van der Waals surface area contributed by atoms with E-state index in [9.17, 15) is 4.39 Å². The van der Waals surface area contributed by atoms with Gasteiger partial charge in [0.25, 0.3) is 0 Å². The van der Waals surface area contributed by atoms with E-state index in [2.05, 4.69) is 15.3 Å². The molecule has 1 heterocycles. The molecule has 1 aromatic heterocycles. The SMILES string of the molecule is N#Cc1nc(F)cnc1NCCCO. The Kier molecular flexibility index (Phi) is 3.76. The Morgan fingerprint density at radius 2 is 2.43 bits per heavy atom. The van der Waals surface area contributed by atoms with Crippen LogP contribution in [0.4, 0.5) is 10.2 Å². The highest BCUT2D eigenvalue weighted by molar-refractivity contribution is 5.46. The number of nitrogens with zero attached hydrogens (tertiary/aromatic N) is 3. The molecule has 0 aliphatic heterocycles. The van der Waals surface area contributed by atoms with E-state index < -0.39 is 5.95 Å². The van der Waals surface area contributed by atoms with Crippen molar-refractivity contribution in [3.05, 3.63) is 17.8 Å². The van der Waals surface area contributed by atoms with Crippen molar-refractivity contribution in [2.75, 3.05) is 18.5 Å². The number of nitrogens with one attached hydrogen (secondary N) is 1. The van der Waals surface area contributed by atoms with Crippen LogP contribution in [0.2, 0.25) is 0 Å². The van der Waals surface area contributed by atoms with E-state index in [0.717, 1.165) is 6.20 Å². The number of anilines is 1. The van der Waals surface area contributed by atoms with E-state index in [-0.39, 0.29) is 18.1 Å². The zero-order valence-corrected chi connectivity index (χ0v) is 7.37. The number of nitriles is 1. The first-order chi connectivity index (χ1) is 6.77. The van der Waals surface area contributed by atoms with Crippen molar-refractivity contribution in [1.29, 1.82) is 5.26 Å². The zero-order valence-electron chi connectivity index (χ0n) is 7.37. The Balaban J connectivity index is 2.72. The van der Waals surface area contributed by atoms with E-state index >= 15 is 0 Å². The Labute approximate surface area is 80.2 Å². The summed E-state index contributed by atoms with van der Waals surface area (Å²) in [6.07, 6.45) is 1.46. The third kappa shape index (κ3) is 2.64. The molecular formula is C8H9FN4O. The summed E-state index contributed by atoms with van der Waals surface area (Å²) in [5.74, 6) is -0.545. The number of rotatable bonds is 4. The summed E-state index contributed by atoms with van der Waals surface area (Å²) < 4.78 is 12.5. The van der Waals surface area contributed by atoms with E-state index in [1.165, 1.54) is 0 Å². The number of halogens is 1. The van der Waals surface area contributed by atoms with Crippen molar-refractivity contribution in [2.24, 2.45) is 0 Å². The maximum Gasteiger partial charge on any atom is 0.232 e. The molecule has 6 heteroatoms. The van der Waals surface area contributed by atoms with Crippen molar-refractivity contribution in [3.63, 3.8) is 0 Å². The minimum Gasteiger partial charge on any atom is -0.396 e. The molecule has 5 nitrogen and oxygen atoms in total. The van der Waals surface area contributed by atoms with Crippen LogP contribution in [0, 0.1) is 17.3 Å². The summed E-state index contributed by atoms with van der Waals surface area (Å²) in [5.41, 5.74) is -0.0806. The van der Waals surface area contributed by atoms with Crippen molar-refractivity contribution < 1.29 is 9.50 Å². The molecule has 0 amide bonds. The van der Waals surface area contributed by atoms with Crippen LogP contribution < -0.4 is 5.32 Å². The first kappa shape index (κ1) is 10.3. The molecule has 74 valence electrons. The summed E-state index contributed by atoms with van der Waals surface area (Å²) in [4.78, 5) is 7.02. The third-order valence-corrected chi connectivity index (χ3v) is 1.48. The van der Waals surface area contributed by atoms with Crippen LogP contribution in [0.1, 0.15) is 12.1 Å². The summed E-state index contributed by atoms with van der Waals surface area (Å²) >= 11 is 0. The van der Waals surface area contributed by atoms with Gasteiger partial charge in [-0.2, -0.15) is 9.65 Å². The molecule has 0 spiro atoms. The van der Waals surface area contributed by atoms with Crippen LogP contribution in [0.25, 0.3) is 0 Å². The van der Waals surface area contributed by atoms with Gasteiger partial charge in [0, 0.05) is 13.2 Å². The highest BCUT2D eigenvalue weighted by Crippen LogP contribution is 2.07. The van der Waals surface area contributed by atoms with Gasteiger partial charge in [-0.3, -0.25) is 0 Å². The van der Waals surface area contributed by atoms with Crippen LogP contribution in [0.3, 0.4) is 0 Å². The first-order valence-corrected chi connectivity index (χ1v) is 4.05. The first-order valence-electron chi connectivity index (χ1n) is 4.05. The largest absolute Gasteiger partial charge is 0.396 e. The maximum absolute atomic E-state index is 12.5. The van der Waals surface area contributed by atoms with Gasteiger partial charge in [-0.15, -0.1) is 0 Å². The molecule has 0 radical (unpaired) electrons. The number of aliphatic hydroxyl groups excluding tert-OH is 1. The zero-order chi connectivity index (χ0) is 10.4. The summed E-state index contributed by atoms with van der Waals surface area (Å²) in [6.45, 7) is 0.509. The highest BCUT2D eigenvalue weighted by Gasteiger charge is 2.05. The fourth-order valence-electron chi connectivity index (χ4n) is 0.861. The molecule has 0 aliphatic carbocycles. The average Bonchev–Trinajstić information content (AvgIpc) is 2.20. The Morgan fingerprint density at radius 3 is 3.07 bits per heavy atom. The van der Waals surface area contributed by atoms with Crippen LogP contribution >= 0.6 is 0 Å². The number of hydrogen-bond donors (Lipinski definition) is 2. The predicted molar refractivity (Wildman–Crippen MR) is 46.9 cm³/mol. The molecule has 0 atom stereocenters. The second-order valence-electron chi connectivity index (χ2n) is 2.51. The predicted octanol–water partition coefficient (Wildman–Crippen LogP) is 0.282. The summed E-state index contributed by atoms with van der Waals surface area (Å²) in [5, 5.41) is 19.9. The standard InChI is InChI=1S/C8H9FN4O/c9-7-5-12-8(6(4-10)13-7)11-2-1-3-14/h5,14H,1-3H2,(H,11,12). The molecule has 0 fully saturated rings. The Morgan fingerprint density at radius 1 is 1.64 bits per heavy atom. The molecule has 0 saturated carbocycles. The number of aromatic nitrogens is 2. The van der Waals surface area contributed by atoms with E-state index in [1.54, 1.807) is 6.07 Å². The molecule has 1 rings (SSSR count). The summed E-state index contributed by atoms with van der Waals surface area (Å²) in [7, 11) is 0. The lowest BCUT2D eigenvalue weighted by molar-refractivity contribution is 0.292. The molecule has 0 bridgehead atoms. The second-order valence-corrected chi connectivity index (χ2v) is 2.51. The van der Waals surface area contributed by atoms with Crippen LogP contribution in [0.5, 0.6) is 0 Å². The summed E-state index contributed by atoms with van der Waals surface area (Å²) in [6, 6.07) is 1.72.